The van der Waals surface area contributed by atoms with E-state index in [4.69, 9.17) is 5.11 Å². The maximum Gasteiger partial charge on any atom is 0.313 e. The highest BCUT2D eigenvalue weighted by atomic mass is 32.2. The second-order valence-electron chi connectivity index (χ2n) is 3.28. The fourth-order valence-electron chi connectivity index (χ4n) is 1.28. The highest BCUT2D eigenvalue weighted by Gasteiger charge is 2.07. The summed E-state index contributed by atoms with van der Waals surface area (Å²) in [6.07, 6.45) is 5.01. The zero-order chi connectivity index (χ0) is 12.1. The predicted octanol–water partition coefficient (Wildman–Crippen LogP) is 0.898. The van der Waals surface area contributed by atoms with Gasteiger partial charge in [0.1, 0.15) is 6.33 Å². The van der Waals surface area contributed by atoms with Crippen LogP contribution >= 0.6 is 11.8 Å². The summed E-state index contributed by atoms with van der Waals surface area (Å²) in [5.41, 5.74) is 1.07. The minimum Gasteiger partial charge on any atom is -0.481 e. The van der Waals surface area contributed by atoms with Gasteiger partial charge >= 0.3 is 5.97 Å². The average molecular weight is 250 g/mol. The molecule has 0 saturated carbocycles. The van der Waals surface area contributed by atoms with Gasteiger partial charge in [-0.05, 0) is 17.7 Å². The summed E-state index contributed by atoms with van der Waals surface area (Å²) in [4.78, 5) is 14.4. The lowest BCUT2D eigenvalue weighted by atomic mass is 10.3. The molecule has 0 aromatic carbocycles. The van der Waals surface area contributed by atoms with Gasteiger partial charge in [-0.2, -0.15) is 0 Å². The smallest absolute Gasteiger partial charge is 0.313 e. The van der Waals surface area contributed by atoms with E-state index in [0.717, 1.165) is 17.3 Å². The van der Waals surface area contributed by atoms with Crippen LogP contribution in [0.15, 0.2) is 36.0 Å². The van der Waals surface area contributed by atoms with E-state index in [0.29, 0.717) is 11.7 Å². The van der Waals surface area contributed by atoms with Crippen LogP contribution in [0.1, 0.15) is 5.56 Å². The quantitative estimate of drug-likeness (QED) is 0.794. The molecule has 0 spiro atoms. The van der Waals surface area contributed by atoms with Gasteiger partial charge in [-0.1, -0.05) is 11.8 Å². The molecule has 0 amide bonds. The zero-order valence-corrected chi connectivity index (χ0v) is 9.67. The maximum absolute atomic E-state index is 10.5. The molecule has 2 aromatic heterocycles. The molecule has 0 unspecified atom stereocenters. The topological polar surface area (TPSA) is 80.9 Å². The molecule has 0 fully saturated rings. The summed E-state index contributed by atoms with van der Waals surface area (Å²) in [5.74, 6) is -0.886. The van der Waals surface area contributed by atoms with Crippen LogP contribution in [0.4, 0.5) is 0 Å². The molecule has 0 aliphatic heterocycles. The second-order valence-corrected chi connectivity index (χ2v) is 4.22. The van der Waals surface area contributed by atoms with Crippen molar-refractivity contribution in [3.63, 3.8) is 0 Å². The number of carbonyl (C=O) groups is 1. The van der Waals surface area contributed by atoms with E-state index in [1.54, 1.807) is 18.7 Å². The standard InChI is InChI=1S/C10H10N4O2S/c15-9(16)6-17-10-13-12-7-14(10)5-8-1-3-11-4-2-8/h1-4,7H,5-6H2,(H,15,16). The number of nitrogens with zero attached hydrogens (tertiary/aromatic N) is 4. The third-order valence-electron chi connectivity index (χ3n) is 2.01. The number of carboxylic acids is 1. The molecule has 7 heteroatoms. The van der Waals surface area contributed by atoms with E-state index >= 15 is 0 Å². The molecule has 88 valence electrons. The van der Waals surface area contributed by atoms with Crippen molar-refractivity contribution in [2.75, 3.05) is 5.75 Å². The van der Waals surface area contributed by atoms with Crippen LogP contribution in [0, 0.1) is 0 Å². The lowest BCUT2D eigenvalue weighted by Gasteiger charge is -2.04. The van der Waals surface area contributed by atoms with Crippen LogP contribution in [0.3, 0.4) is 0 Å². The van der Waals surface area contributed by atoms with E-state index in [-0.39, 0.29) is 5.75 Å². The zero-order valence-electron chi connectivity index (χ0n) is 8.85. The average Bonchev–Trinajstić information content (AvgIpc) is 2.75. The third kappa shape index (κ3) is 3.28. The second kappa shape index (κ2) is 5.44. The summed E-state index contributed by atoms with van der Waals surface area (Å²) in [7, 11) is 0. The molecule has 2 rings (SSSR count). The molecule has 1 N–H and O–H groups in total. The molecule has 6 nitrogen and oxygen atoms in total. The van der Waals surface area contributed by atoms with E-state index in [1.807, 2.05) is 16.7 Å². The van der Waals surface area contributed by atoms with Crippen molar-refractivity contribution in [2.45, 2.75) is 11.7 Å². The molecule has 0 aliphatic carbocycles. The molecule has 0 radical (unpaired) electrons. The molecule has 2 aromatic rings. The number of thioether (sulfide) groups is 1. The Labute approximate surface area is 102 Å². The van der Waals surface area contributed by atoms with Crippen molar-refractivity contribution in [2.24, 2.45) is 0 Å². The Kier molecular flexibility index (Phi) is 3.71. The molecule has 0 aliphatic rings. The van der Waals surface area contributed by atoms with Crippen LogP contribution in [0.2, 0.25) is 0 Å². The van der Waals surface area contributed by atoms with E-state index in [2.05, 4.69) is 15.2 Å². The first-order valence-electron chi connectivity index (χ1n) is 4.87. The number of hydrogen-bond acceptors (Lipinski definition) is 5. The van der Waals surface area contributed by atoms with Gasteiger partial charge in [0.25, 0.3) is 0 Å². The number of rotatable bonds is 5. The molecular formula is C10H10N4O2S. The van der Waals surface area contributed by atoms with Gasteiger partial charge in [-0.15, -0.1) is 10.2 Å². The molecule has 2 heterocycles. The van der Waals surface area contributed by atoms with Crippen molar-refractivity contribution < 1.29 is 9.90 Å². The Morgan fingerprint density at radius 3 is 2.88 bits per heavy atom. The lowest BCUT2D eigenvalue weighted by Crippen LogP contribution is -2.03. The van der Waals surface area contributed by atoms with Crippen molar-refractivity contribution >= 4 is 17.7 Å². The van der Waals surface area contributed by atoms with Gasteiger partial charge in [0.15, 0.2) is 5.16 Å². The van der Waals surface area contributed by atoms with E-state index in [1.165, 1.54) is 0 Å². The van der Waals surface area contributed by atoms with E-state index < -0.39 is 5.97 Å². The van der Waals surface area contributed by atoms with Crippen molar-refractivity contribution in [1.82, 2.24) is 19.7 Å². The molecule has 0 atom stereocenters. The number of aromatic nitrogens is 4. The van der Waals surface area contributed by atoms with Gasteiger partial charge in [0.05, 0.1) is 12.3 Å². The Morgan fingerprint density at radius 2 is 2.18 bits per heavy atom. The largest absolute Gasteiger partial charge is 0.481 e. The first-order chi connectivity index (χ1) is 8.25. The normalized spacial score (nSPS) is 10.4. The predicted molar refractivity (Wildman–Crippen MR) is 61.7 cm³/mol. The summed E-state index contributed by atoms with van der Waals surface area (Å²) >= 11 is 1.16. The van der Waals surface area contributed by atoms with Gasteiger partial charge in [0, 0.05) is 12.4 Å². The first-order valence-corrected chi connectivity index (χ1v) is 5.85. The molecule has 0 bridgehead atoms. The molecule has 0 saturated heterocycles. The Hall–Kier alpha value is -1.89. The van der Waals surface area contributed by atoms with Gasteiger partial charge in [-0.25, -0.2) is 0 Å². The van der Waals surface area contributed by atoms with Gasteiger partial charge in [-0.3, -0.25) is 9.78 Å². The lowest BCUT2D eigenvalue weighted by molar-refractivity contribution is -0.133. The Balaban J connectivity index is 2.06. The fourth-order valence-corrected chi connectivity index (χ4v) is 1.91. The van der Waals surface area contributed by atoms with Gasteiger partial charge in [0.2, 0.25) is 0 Å². The molecular weight excluding hydrogens is 240 g/mol. The minimum absolute atomic E-state index is 0.0188. The van der Waals surface area contributed by atoms with Crippen LogP contribution in [-0.4, -0.2) is 36.6 Å². The van der Waals surface area contributed by atoms with Crippen LogP contribution in [0.5, 0.6) is 0 Å². The van der Waals surface area contributed by atoms with Crippen molar-refractivity contribution in [3.05, 3.63) is 36.4 Å². The number of hydrogen-bond donors (Lipinski definition) is 1. The van der Waals surface area contributed by atoms with Crippen LogP contribution in [-0.2, 0) is 11.3 Å². The fraction of sp³-hybridized carbons (Fsp3) is 0.200. The maximum atomic E-state index is 10.5. The first kappa shape index (κ1) is 11.6. The Bertz CT molecular complexity index is 500. The summed E-state index contributed by atoms with van der Waals surface area (Å²) < 4.78 is 1.81. The number of carboxylic acid groups (broad SMARTS) is 1. The number of pyridine rings is 1. The highest BCUT2D eigenvalue weighted by Crippen LogP contribution is 2.15. The third-order valence-corrected chi connectivity index (χ3v) is 2.97. The van der Waals surface area contributed by atoms with E-state index in [9.17, 15) is 4.79 Å². The van der Waals surface area contributed by atoms with Crippen LogP contribution < -0.4 is 0 Å². The minimum atomic E-state index is -0.867. The summed E-state index contributed by atoms with van der Waals surface area (Å²) in [6.45, 7) is 0.609. The van der Waals surface area contributed by atoms with Gasteiger partial charge < -0.3 is 9.67 Å². The summed E-state index contributed by atoms with van der Waals surface area (Å²) in [5, 5.41) is 16.9. The molecule has 17 heavy (non-hydrogen) atoms. The SMILES string of the molecule is O=C(O)CSc1nncn1Cc1ccncc1. The highest BCUT2D eigenvalue weighted by molar-refractivity contribution is 7.99. The van der Waals surface area contributed by atoms with Crippen molar-refractivity contribution in [3.8, 4) is 0 Å². The number of aliphatic carboxylic acids is 1. The monoisotopic (exact) mass is 250 g/mol. The Morgan fingerprint density at radius 1 is 1.41 bits per heavy atom. The van der Waals surface area contributed by atoms with Crippen LogP contribution in [0.25, 0.3) is 0 Å². The summed E-state index contributed by atoms with van der Waals surface area (Å²) in [6, 6.07) is 3.79. The van der Waals surface area contributed by atoms with Crippen molar-refractivity contribution in [1.29, 1.82) is 0 Å².